The van der Waals surface area contributed by atoms with Gasteiger partial charge in [-0.1, -0.05) is 18.2 Å². The minimum absolute atomic E-state index is 0.00965. The molecule has 0 aliphatic carbocycles. The van der Waals surface area contributed by atoms with Crippen molar-refractivity contribution in [3.8, 4) is 11.1 Å². The maximum absolute atomic E-state index is 13.8. The summed E-state index contributed by atoms with van der Waals surface area (Å²) in [7, 11) is 0. The van der Waals surface area contributed by atoms with Crippen molar-refractivity contribution in [2.24, 2.45) is 0 Å². The Labute approximate surface area is 122 Å². The number of hydrogen-bond acceptors (Lipinski definition) is 2. The van der Waals surface area contributed by atoms with Gasteiger partial charge in [-0.15, -0.1) is 0 Å². The molecule has 7 heteroatoms. The number of ether oxygens (including phenoxy) is 1. The van der Waals surface area contributed by atoms with Crippen molar-refractivity contribution in [1.82, 2.24) is 0 Å². The molecule has 0 unspecified atom stereocenters. The van der Waals surface area contributed by atoms with Crippen LogP contribution >= 0.6 is 0 Å². The van der Waals surface area contributed by atoms with E-state index in [1.165, 1.54) is 25.1 Å². The zero-order valence-corrected chi connectivity index (χ0v) is 11.2. The van der Waals surface area contributed by atoms with Crippen LogP contribution in [0.2, 0.25) is 0 Å². The summed E-state index contributed by atoms with van der Waals surface area (Å²) in [4.78, 5) is 11.8. The fourth-order valence-electron chi connectivity index (χ4n) is 1.93. The summed E-state index contributed by atoms with van der Waals surface area (Å²) in [6, 6.07) is 4.92. The standard InChI is InChI=1S/C15H9F5O2/c1-2-22-15(21)8-6-4-3-5-7(8)9-10(16)12(18)14(20)13(19)11(9)17/h3-6H,2H2,1H3. The van der Waals surface area contributed by atoms with Gasteiger partial charge in [-0.3, -0.25) is 0 Å². The van der Waals surface area contributed by atoms with E-state index in [-0.39, 0.29) is 12.2 Å². The lowest BCUT2D eigenvalue weighted by Gasteiger charge is -2.12. The molecule has 2 aromatic rings. The van der Waals surface area contributed by atoms with Crippen LogP contribution in [0.4, 0.5) is 22.0 Å². The van der Waals surface area contributed by atoms with Crippen LogP contribution in [-0.4, -0.2) is 12.6 Å². The van der Waals surface area contributed by atoms with Crippen LogP contribution in [-0.2, 0) is 4.74 Å². The second-order valence-corrected chi connectivity index (χ2v) is 4.21. The van der Waals surface area contributed by atoms with Gasteiger partial charge in [-0.05, 0) is 13.0 Å². The Morgan fingerprint density at radius 2 is 1.41 bits per heavy atom. The summed E-state index contributed by atoms with van der Waals surface area (Å²) in [5.41, 5.74) is -1.90. The van der Waals surface area contributed by atoms with Gasteiger partial charge in [-0.2, -0.15) is 0 Å². The molecule has 0 atom stereocenters. The van der Waals surface area contributed by atoms with E-state index in [9.17, 15) is 26.7 Å². The number of benzene rings is 2. The molecule has 0 aromatic heterocycles. The molecule has 2 rings (SSSR count). The quantitative estimate of drug-likeness (QED) is 0.367. The number of rotatable bonds is 3. The maximum atomic E-state index is 13.8. The van der Waals surface area contributed by atoms with E-state index in [4.69, 9.17) is 4.74 Å². The third-order valence-electron chi connectivity index (χ3n) is 2.90. The predicted octanol–water partition coefficient (Wildman–Crippen LogP) is 4.23. The molecule has 116 valence electrons. The Morgan fingerprint density at radius 1 is 0.909 bits per heavy atom. The van der Waals surface area contributed by atoms with Crippen LogP contribution in [0, 0.1) is 29.1 Å². The minimum Gasteiger partial charge on any atom is -0.462 e. The van der Waals surface area contributed by atoms with Gasteiger partial charge in [0.1, 0.15) is 0 Å². The summed E-state index contributed by atoms with van der Waals surface area (Å²) < 4.78 is 72.1. The number of esters is 1. The molecule has 0 bridgehead atoms. The van der Waals surface area contributed by atoms with Gasteiger partial charge in [0.15, 0.2) is 23.3 Å². The second-order valence-electron chi connectivity index (χ2n) is 4.21. The van der Waals surface area contributed by atoms with Crippen LogP contribution < -0.4 is 0 Å². The molecule has 0 aliphatic rings. The molecule has 0 aliphatic heterocycles. The average molecular weight is 316 g/mol. The van der Waals surface area contributed by atoms with Crippen molar-refractivity contribution >= 4 is 5.97 Å². The smallest absolute Gasteiger partial charge is 0.338 e. The van der Waals surface area contributed by atoms with Crippen molar-refractivity contribution in [2.75, 3.05) is 6.61 Å². The van der Waals surface area contributed by atoms with Gasteiger partial charge in [0.05, 0.1) is 17.7 Å². The molecular weight excluding hydrogens is 307 g/mol. The Kier molecular flexibility index (Phi) is 4.44. The summed E-state index contributed by atoms with van der Waals surface area (Å²) in [6.07, 6.45) is 0. The normalized spacial score (nSPS) is 10.6. The van der Waals surface area contributed by atoms with Gasteiger partial charge < -0.3 is 4.74 Å². The van der Waals surface area contributed by atoms with Crippen LogP contribution in [0.15, 0.2) is 24.3 Å². The molecule has 0 saturated carbocycles. The molecule has 0 heterocycles. The number of halogens is 5. The van der Waals surface area contributed by atoms with Crippen molar-refractivity contribution in [1.29, 1.82) is 0 Å². The minimum atomic E-state index is -2.26. The monoisotopic (exact) mass is 316 g/mol. The molecular formula is C15H9F5O2. The first-order valence-corrected chi connectivity index (χ1v) is 6.18. The molecule has 2 nitrogen and oxygen atoms in total. The van der Waals surface area contributed by atoms with Crippen molar-refractivity contribution in [2.45, 2.75) is 6.92 Å². The Bertz CT molecular complexity index is 714. The Hall–Kier alpha value is -2.44. The van der Waals surface area contributed by atoms with Crippen molar-refractivity contribution in [3.63, 3.8) is 0 Å². The molecule has 22 heavy (non-hydrogen) atoms. The molecule has 2 aromatic carbocycles. The number of carbonyl (C=O) groups excluding carboxylic acids is 1. The van der Waals surface area contributed by atoms with Gasteiger partial charge in [-0.25, -0.2) is 26.7 Å². The fourth-order valence-corrected chi connectivity index (χ4v) is 1.93. The van der Waals surface area contributed by atoms with Gasteiger partial charge >= 0.3 is 5.97 Å². The van der Waals surface area contributed by atoms with E-state index in [2.05, 4.69) is 0 Å². The highest BCUT2D eigenvalue weighted by Crippen LogP contribution is 2.33. The summed E-state index contributed by atoms with van der Waals surface area (Å²) in [5.74, 6) is -11.4. The number of carbonyl (C=O) groups is 1. The van der Waals surface area contributed by atoms with E-state index in [0.29, 0.717) is 0 Å². The average Bonchev–Trinajstić information content (AvgIpc) is 2.52. The highest BCUT2D eigenvalue weighted by Gasteiger charge is 2.28. The lowest BCUT2D eigenvalue weighted by molar-refractivity contribution is 0.0527. The summed E-state index contributed by atoms with van der Waals surface area (Å²) in [6.45, 7) is 1.50. The number of hydrogen-bond donors (Lipinski definition) is 0. The van der Waals surface area contributed by atoms with E-state index in [0.717, 1.165) is 6.07 Å². The second kappa shape index (κ2) is 6.13. The zero-order valence-electron chi connectivity index (χ0n) is 11.2. The Morgan fingerprint density at radius 3 is 1.95 bits per heavy atom. The third-order valence-corrected chi connectivity index (χ3v) is 2.90. The first-order valence-electron chi connectivity index (χ1n) is 6.18. The molecule has 0 spiro atoms. The van der Waals surface area contributed by atoms with Gasteiger partial charge in [0, 0.05) is 5.56 Å². The fraction of sp³-hybridized carbons (Fsp3) is 0.133. The molecule has 0 amide bonds. The largest absolute Gasteiger partial charge is 0.462 e. The van der Waals surface area contributed by atoms with E-state index in [1.807, 2.05) is 0 Å². The topological polar surface area (TPSA) is 26.3 Å². The SMILES string of the molecule is CCOC(=O)c1ccccc1-c1c(F)c(F)c(F)c(F)c1F. The molecule has 0 N–H and O–H groups in total. The molecule has 0 saturated heterocycles. The van der Waals surface area contributed by atoms with Crippen LogP contribution in [0.1, 0.15) is 17.3 Å². The van der Waals surface area contributed by atoms with Gasteiger partial charge in [0.25, 0.3) is 0 Å². The zero-order chi connectivity index (χ0) is 16.4. The molecule has 0 fully saturated rings. The predicted molar refractivity (Wildman–Crippen MR) is 67.6 cm³/mol. The summed E-state index contributed by atoms with van der Waals surface area (Å²) in [5, 5.41) is 0. The third kappa shape index (κ3) is 2.54. The van der Waals surface area contributed by atoms with Gasteiger partial charge in [0.2, 0.25) is 5.82 Å². The van der Waals surface area contributed by atoms with E-state index >= 15 is 0 Å². The van der Waals surface area contributed by atoms with E-state index < -0.39 is 46.2 Å². The Balaban J connectivity index is 2.76. The highest BCUT2D eigenvalue weighted by molar-refractivity contribution is 5.97. The van der Waals surface area contributed by atoms with Crippen molar-refractivity contribution in [3.05, 3.63) is 58.9 Å². The highest BCUT2D eigenvalue weighted by atomic mass is 19.2. The van der Waals surface area contributed by atoms with E-state index in [1.54, 1.807) is 0 Å². The van der Waals surface area contributed by atoms with Crippen LogP contribution in [0.5, 0.6) is 0 Å². The van der Waals surface area contributed by atoms with Crippen LogP contribution in [0.3, 0.4) is 0 Å². The van der Waals surface area contributed by atoms with Crippen molar-refractivity contribution < 1.29 is 31.5 Å². The first-order chi connectivity index (χ1) is 10.4. The molecule has 0 radical (unpaired) electrons. The first kappa shape index (κ1) is 15.9. The van der Waals surface area contributed by atoms with Crippen LogP contribution in [0.25, 0.3) is 11.1 Å². The lowest BCUT2D eigenvalue weighted by atomic mass is 9.98. The summed E-state index contributed by atoms with van der Waals surface area (Å²) >= 11 is 0. The lowest BCUT2D eigenvalue weighted by Crippen LogP contribution is -2.09. The maximum Gasteiger partial charge on any atom is 0.338 e.